The first-order chi connectivity index (χ1) is 7.67. The highest BCUT2D eigenvalue weighted by atomic mass is 79.9. The van der Waals surface area contributed by atoms with Gasteiger partial charge in [-0.2, -0.15) is 0 Å². The normalized spacial score (nSPS) is 11.6. The minimum Gasteiger partial charge on any atom is -0.348 e. The van der Waals surface area contributed by atoms with Gasteiger partial charge in [0.15, 0.2) is 0 Å². The Bertz CT molecular complexity index is 412. The second-order valence-corrected chi connectivity index (χ2v) is 4.17. The molecule has 0 fully saturated rings. The van der Waals surface area contributed by atoms with E-state index in [9.17, 15) is 4.79 Å². The number of nitrogens with one attached hydrogen (secondary N) is 1. The van der Waals surface area contributed by atoms with Gasteiger partial charge in [-0.3, -0.25) is 4.79 Å². The number of nitrogens with zero attached hydrogens (tertiary/aromatic N) is 1. The van der Waals surface area contributed by atoms with Crippen LogP contribution in [-0.2, 0) is 0 Å². The van der Waals surface area contributed by atoms with E-state index in [2.05, 4.69) is 32.2 Å². The minimum absolute atomic E-state index is 0.0319. The van der Waals surface area contributed by atoms with Crippen molar-refractivity contribution in [2.75, 3.05) is 0 Å². The number of aromatic nitrogens is 1. The molecule has 1 aromatic rings. The summed E-state index contributed by atoms with van der Waals surface area (Å²) in [5.74, 6) is 2.43. The molecule has 1 aromatic heterocycles. The van der Waals surface area contributed by atoms with Crippen molar-refractivity contribution in [3.8, 4) is 12.3 Å². The lowest BCUT2D eigenvalue weighted by molar-refractivity contribution is 0.0936. The lowest BCUT2D eigenvalue weighted by atomic mass is 10.1. The van der Waals surface area contributed by atoms with E-state index >= 15 is 0 Å². The first kappa shape index (κ1) is 12.7. The highest BCUT2D eigenvalue weighted by Crippen LogP contribution is 2.08. The highest BCUT2D eigenvalue weighted by Gasteiger charge is 2.11. The molecule has 1 amide bonds. The number of amides is 1. The fourth-order valence-electron chi connectivity index (χ4n) is 1.25. The molecule has 0 saturated carbocycles. The molecular formula is C12H13BrN2O. The van der Waals surface area contributed by atoms with Crippen molar-refractivity contribution in [3.63, 3.8) is 0 Å². The Hall–Kier alpha value is -1.34. The molecule has 0 radical (unpaired) electrons. The quantitative estimate of drug-likeness (QED) is 0.680. The van der Waals surface area contributed by atoms with Crippen LogP contribution in [0.4, 0.5) is 0 Å². The predicted molar refractivity (Wildman–Crippen MR) is 66.9 cm³/mol. The number of terminal acetylenes is 1. The van der Waals surface area contributed by atoms with Gasteiger partial charge in [0.05, 0.1) is 0 Å². The number of halogens is 1. The molecule has 1 heterocycles. The van der Waals surface area contributed by atoms with Crippen LogP contribution in [0.2, 0.25) is 0 Å². The van der Waals surface area contributed by atoms with E-state index in [0.717, 1.165) is 6.42 Å². The van der Waals surface area contributed by atoms with Crippen molar-refractivity contribution in [1.29, 1.82) is 0 Å². The number of carbonyl (C=O) groups is 1. The zero-order valence-corrected chi connectivity index (χ0v) is 10.6. The Morgan fingerprint density at radius 3 is 3.06 bits per heavy atom. The van der Waals surface area contributed by atoms with Gasteiger partial charge in [-0.1, -0.05) is 6.92 Å². The van der Waals surface area contributed by atoms with Crippen LogP contribution in [0.5, 0.6) is 0 Å². The van der Waals surface area contributed by atoms with Crippen molar-refractivity contribution in [1.82, 2.24) is 10.3 Å². The summed E-state index contributed by atoms with van der Waals surface area (Å²) in [6.07, 6.45) is 8.18. The molecular weight excluding hydrogens is 268 g/mol. The van der Waals surface area contributed by atoms with Crippen molar-refractivity contribution >= 4 is 21.8 Å². The zero-order chi connectivity index (χ0) is 12.0. The number of carbonyl (C=O) groups excluding carboxylic acids is 1. The molecule has 16 heavy (non-hydrogen) atoms. The van der Waals surface area contributed by atoms with E-state index < -0.39 is 0 Å². The molecule has 0 aliphatic heterocycles. The molecule has 0 saturated heterocycles. The summed E-state index contributed by atoms with van der Waals surface area (Å²) in [5, 5.41) is 2.88. The lowest BCUT2D eigenvalue weighted by Gasteiger charge is -2.14. The van der Waals surface area contributed by atoms with Crippen LogP contribution in [-0.4, -0.2) is 16.9 Å². The van der Waals surface area contributed by atoms with Crippen LogP contribution in [0.25, 0.3) is 0 Å². The van der Waals surface area contributed by atoms with Gasteiger partial charge in [0.2, 0.25) is 0 Å². The molecule has 3 nitrogen and oxygen atoms in total. The molecule has 0 bridgehead atoms. The maximum atomic E-state index is 11.8. The summed E-state index contributed by atoms with van der Waals surface area (Å²) in [6.45, 7) is 1.99. The smallest absolute Gasteiger partial charge is 0.251 e. The first-order valence-electron chi connectivity index (χ1n) is 5.03. The topological polar surface area (TPSA) is 42.0 Å². The Morgan fingerprint density at radius 2 is 2.50 bits per heavy atom. The van der Waals surface area contributed by atoms with Gasteiger partial charge < -0.3 is 5.32 Å². The van der Waals surface area contributed by atoms with Crippen LogP contribution in [0.15, 0.2) is 22.9 Å². The summed E-state index contributed by atoms with van der Waals surface area (Å²) in [4.78, 5) is 15.8. The van der Waals surface area contributed by atoms with Gasteiger partial charge in [0.1, 0.15) is 4.60 Å². The second kappa shape index (κ2) is 6.29. The summed E-state index contributed by atoms with van der Waals surface area (Å²) >= 11 is 3.22. The Morgan fingerprint density at radius 1 is 1.75 bits per heavy atom. The van der Waals surface area contributed by atoms with Crippen molar-refractivity contribution in [2.24, 2.45) is 0 Å². The van der Waals surface area contributed by atoms with E-state index in [0.29, 0.717) is 16.6 Å². The molecule has 1 rings (SSSR count). The van der Waals surface area contributed by atoms with E-state index in [-0.39, 0.29) is 11.9 Å². The molecule has 0 aromatic carbocycles. The third kappa shape index (κ3) is 3.67. The van der Waals surface area contributed by atoms with Crippen molar-refractivity contribution in [3.05, 3.63) is 28.5 Å². The van der Waals surface area contributed by atoms with E-state index in [1.807, 2.05) is 6.92 Å². The zero-order valence-electron chi connectivity index (χ0n) is 9.03. The average Bonchev–Trinajstić information content (AvgIpc) is 2.28. The van der Waals surface area contributed by atoms with Gasteiger partial charge in [0.25, 0.3) is 5.91 Å². The van der Waals surface area contributed by atoms with Gasteiger partial charge >= 0.3 is 0 Å². The van der Waals surface area contributed by atoms with Gasteiger partial charge in [-0.05, 0) is 34.5 Å². The first-order valence-corrected chi connectivity index (χ1v) is 5.82. The van der Waals surface area contributed by atoms with Crippen LogP contribution in [0, 0.1) is 12.3 Å². The third-order valence-electron chi connectivity index (χ3n) is 2.18. The summed E-state index contributed by atoms with van der Waals surface area (Å²) < 4.78 is 0.644. The standard InChI is InChI=1S/C12H13BrN2O/c1-3-5-10(4-2)15-12(16)9-6-7-14-11(13)8-9/h1,6-8,10H,4-5H2,2H3,(H,15,16). The van der Waals surface area contributed by atoms with E-state index in [1.54, 1.807) is 18.3 Å². The van der Waals surface area contributed by atoms with Crippen LogP contribution in [0.3, 0.4) is 0 Å². The monoisotopic (exact) mass is 280 g/mol. The summed E-state index contributed by atoms with van der Waals surface area (Å²) in [7, 11) is 0. The maximum Gasteiger partial charge on any atom is 0.251 e. The molecule has 1 atom stereocenters. The Labute approximate surface area is 104 Å². The molecule has 4 heteroatoms. The number of rotatable bonds is 4. The SMILES string of the molecule is C#CCC(CC)NC(=O)c1ccnc(Br)c1. The van der Waals surface area contributed by atoms with Gasteiger partial charge in [-0.15, -0.1) is 12.3 Å². The van der Waals surface area contributed by atoms with Crippen molar-refractivity contribution in [2.45, 2.75) is 25.8 Å². The Balaban J connectivity index is 2.68. The fourth-order valence-corrected chi connectivity index (χ4v) is 1.62. The summed E-state index contributed by atoms with van der Waals surface area (Å²) in [6, 6.07) is 3.38. The minimum atomic E-state index is -0.120. The largest absolute Gasteiger partial charge is 0.348 e. The van der Waals surface area contributed by atoms with Crippen LogP contribution < -0.4 is 5.32 Å². The molecule has 1 unspecified atom stereocenters. The third-order valence-corrected chi connectivity index (χ3v) is 2.61. The Kier molecular flexibility index (Phi) is 5.00. The maximum absolute atomic E-state index is 11.8. The molecule has 0 spiro atoms. The van der Waals surface area contributed by atoms with Gasteiger partial charge in [-0.25, -0.2) is 4.98 Å². The second-order valence-electron chi connectivity index (χ2n) is 3.35. The number of pyridine rings is 1. The fraction of sp³-hybridized carbons (Fsp3) is 0.333. The molecule has 0 aliphatic carbocycles. The summed E-state index contributed by atoms with van der Waals surface area (Å²) in [5.41, 5.74) is 0.581. The van der Waals surface area contributed by atoms with Crippen molar-refractivity contribution < 1.29 is 4.79 Å². The van der Waals surface area contributed by atoms with Crippen LogP contribution >= 0.6 is 15.9 Å². The highest BCUT2D eigenvalue weighted by molar-refractivity contribution is 9.10. The number of hydrogen-bond donors (Lipinski definition) is 1. The lowest BCUT2D eigenvalue weighted by Crippen LogP contribution is -2.34. The molecule has 1 N–H and O–H groups in total. The van der Waals surface area contributed by atoms with E-state index in [4.69, 9.17) is 6.42 Å². The number of hydrogen-bond acceptors (Lipinski definition) is 2. The molecule has 0 aliphatic rings. The average molecular weight is 281 g/mol. The molecule has 84 valence electrons. The van der Waals surface area contributed by atoms with Gasteiger partial charge in [0, 0.05) is 24.2 Å². The van der Waals surface area contributed by atoms with E-state index in [1.165, 1.54) is 0 Å². The van der Waals surface area contributed by atoms with Crippen LogP contribution in [0.1, 0.15) is 30.1 Å². The predicted octanol–water partition coefficient (Wildman–Crippen LogP) is 2.38.